The van der Waals surface area contributed by atoms with Crippen LogP contribution in [0.3, 0.4) is 0 Å². The summed E-state index contributed by atoms with van der Waals surface area (Å²) >= 11 is 0. The third-order valence-electron chi connectivity index (χ3n) is 4.06. The van der Waals surface area contributed by atoms with E-state index in [-0.39, 0.29) is 5.88 Å². The summed E-state index contributed by atoms with van der Waals surface area (Å²) < 4.78 is 0. The summed E-state index contributed by atoms with van der Waals surface area (Å²) in [6, 6.07) is 3.85. The van der Waals surface area contributed by atoms with Crippen LogP contribution in [0.1, 0.15) is 17.7 Å². The van der Waals surface area contributed by atoms with Crippen LogP contribution in [-0.4, -0.2) is 52.5 Å². The summed E-state index contributed by atoms with van der Waals surface area (Å²) in [4.78, 5) is 18.1. The van der Waals surface area contributed by atoms with Crippen molar-refractivity contribution >= 4 is 29.6 Å². The summed E-state index contributed by atoms with van der Waals surface area (Å²) in [5.74, 6) is 1.42. The average Bonchev–Trinajstić information content (AvgIpc) is 3.01. The second-order valence-corrected chi connectivity index (χ2v) is 5.62. The van der Waals surface area contributed by atoms with E-state index >= 15 is 0 Å². The second kappa shape index (κ2) is 5.85. The summed E-state index contributed by atoms with van der Waals surface area (Å²) in [6.45, 7) is 3.73. The first-order valence-electron chi connectivity index (χ1n) is 7.77. The molecule has 4 rings (SSSR count). The molecule has 118 valence electrons. The summed E-state index contributed by atoms with van der Waals surface area (Å²) in [7, 11) is 0. The Hall–Kier alpha value is -2.67. The number of anilines is 1. The van der Waals surface area contributed by atoms with E-state index in [4.69, 9.17) is 0 Å². The third kappa shape index (κ3) is 2.70. The smallest absolute Gasteiger partial charge is 0.238 e. The van der Waals surface area contributed by atoms with Gasteiger partial charge in [-0.2, -0.15) is 4.98 Å². The molecule has 0 aromatic carbocycles. The van der Waals surface area contributed by atoms with Gasteiger partial charge in [-0.3, -0.25) is 0 Å². The number of aliphatic imine (C=N–C) groups is 1. The SMILES string of the molecule is Oc1nc(N2CCCNCC2)[nH]c1C=C1C=Nc2ncccc21. The van der Waals surface area contributed by atoms with Gasteiger partial charge in [0.05, 0.1) is 0 Å². The van der Waals surface area contributed by atoms with Gasteiger partial charge < -0.3 is 20.3 Å². The standard InChI is InChI=1S/C16H18N6O/c23-15-13(9-11-10-19-14-12(11)3-1-5-18-14)20-16(21-15)22-7-2-4-17-6-8-22/h1,3,5,9-10,17,23H,2,4,6-8H2,(H,20,21). The molecule has 0 amide bonds. The highest BCUT2D eigenvalue weighted by Gasteiger charge is 2.18. The van der Waals surface area contributed by atoms with Crippen molar-refractivity contribution in [2.45, 2.75) is 6.42 Å². The Labute approximate surface area is 133 Å². The molecule has 0 spiro atoms. The number of pyridine rings is 1. The minimum atomic E-state index is 0.00967. The number of hydrogen-bond acceptors (Lipinski definition) is 6. The lowest BCUT2D eigenvalue weighted by molar-refractivity contribution is 0.455. The highest BCUT2D eigenvalue weighted by Crippen LogP contribution is 2.31. The van der Waals surface area contributed by atoms with Crippen molar-refractivity contribution < 1.29 is 5.11 Å². The zero-order valence-corrected chi connectivity index (χ0v) is 12.7. The van der Waals surface area contributed by atoms with Crippen LogP contribution in [0.5, 0.6) is 5.88 Å². The Balaban J connectivity index is 1.63. The fourth-order valence-corrected chi connectivity index (χ4v) is 2.87. The van der Waals surface area contributed by atoms with E-state index in [0.29, 0.717) is 17.5 Å². The highest BCUT2D eigenvalue weighted by atomic mass is 16.3. The van der Waals surface area contributed by atoms with Crippen LogP contribution in [0.4, 0.5) is 11.8 Å². The maximum absolute atomic E-state index is 10.2. The van der Waals surface area contributed by atoms with Crippen LogP contribution in [0.25, 0.3) is 11.6 Å². The zero-order valence-electron chi connectivity index (χ0n) is 12.7. The monoisotopic (exact) mass is 310 g/mol. The molecule has 2 aliphatic heterocycles. The van der Waals surface area contributed by atoms with E-state index in [1.807, 2.05) is 18.2 Å². The molecular formula is C16H18N6O. The van der Waals surface area contributed by atoms with Gasteiger partial charge in [0.2, 0.25) is 11.8 Å². The Morgan fingerprint density at radius 3 is 3.17 bits per heavy atom. The van der Waals surface area contributed by atoms with Crippen molar-refractivity contribution in [2.75, 3.05) is 31.1 Å². The first kappa shape index (κ1) is 14.0. The van der Waals surface area contributed by atoms with Gasteiger partial charge in [-0.05, 0) is 31.2 Å². The number of nitrogens with one attached hydrogen (secondary N) is 2. The molecule has 0 atom stereocenters. The van der Waals surface area contributed by atoms with Gasteiger partial charge in [0, 0.05) is 43.2 Å². The van der Waals surface area contributed by atoms with Crippen molar-refractivity contribution in [2.24, 2.45) is 4.99 Å². The minimum Gasteiger partial charge on any atom is -0.492 e. The number of allylic oxidation sites excluding steroid dienone is 1. The van der Waals surface area contributed by atoms with E-state index in [1.165, 1.54) is 0 Å². The number of aromatic amines is 1. The van der Waals surface area contributed by atoms with E-state index in [9.17, 15) is 5.11 Å². The van der Waals surface area contributed by atoms with E-state index in [0.717, 1.165) is 43.7 Å². The molecular weight excluding hydrogens is 292 g/mol. The molecule has 4 heterocycles. The molecule has 0 saturated carbocycles. The largest absolute Gasteiger partial charge is 0.492 e. The number of fused-ring (bicyclic) bond motifs is 1. The number of imidazole rings is 1. The van der Waals surface area contributed by atoms with Crippen molar-refractivity contribution in [3.05, 3.63) is 29.6 Å². The first-order chi connectivity index (χ1) is 11.3. The maximum Gasteiger partial charge on any atom is 0.238 e. The predicted molar refractivity (Wildman–Crippen MR) is 90.2 cm³/mol. The Bertz CT molecular complexity index is 771. The summed E-state index contributed by atoms with van der Waals surface area (Å²) in [6.07, 6.45) is 6.40. The van der Waals surface area contributed by atoms with Gasteiger partial charge in [0.1, 0.15) is 5.69 Å². The van der Waals surface area contributed by atoms with Crippen LogP contribution < -0.4 is 10.2 Å². The molecule has 0 aliphatic carbocycles. The second-order valence-electron chi connectivity index (χ2n) is 5.62. The Morgan fingerprint density at radius 1 is 1.26 bits per heavy atom. The van der Waals surface area contributed by atoms with Crippen molar-refractivity contribution in [1.82, 2.24) is 20.3 Å². The molecule has 7 heteroatoms. The number of nitrogens with zero attached hydrogens (tertiary/aromatic N) is 4. The molecule has 2 aromatic rings. The van der Waals surface area contributed by atoms with Gasteiger partial charge in [0.15, 0.2) is 5.82 Å². The molecule has 1 saturated heterocycles. The van der Waals surface area contributed by atoms with Crippen LogP contribution in [0, 0.1) is 0 Å². The Morgan fingerprint density at radius 2 is 2.22 bits per heavy atom. The number of H-pyrrole nitrogens is 1. The van der Waals surface area contributed by atoms with Crippen molar-refractivity contribution in [1.29, 1.82) is 0 Å². The normalized spacial score (nSPS) is 19.1. The third-order valence-corrected chi connectivity index (χ3v) is 4.06. The average molecular weight is 310 g/mol. The molecule has 2 aliphatic rings. The van der Waals surface area contributed by atoms with Crippen molar-refractivity contribution in [3.63, 3.8) is 0 Å². The molecule has 7 nitrogen and oxygen atoms in total. The van der Waals surface area contributed by atoms with Crippen LogP contribution in [-0.2, 0) is 0 Å². The quantitative estimate of drug-likeness (QED) is 0.783. The van der Waals surface area contributed by atoms with Gasteiger partial charge in [-0.1, -0.05) is 0 Å². The van der Waals surface area contributed by atoms with Gasteiger partial charge >= 0.3 is 0 Å². The molecule has 23 heavy (non-hydrogen) atoms. The van der Waals surface area contributed by atoms with Gasteiger partial charge in [0.25, 0.3) is 0 Å². The first-order valence-corrected chi connectivity index (χ1v) is 7.77. The molecule has 3 N–H and O–H groups in total. The number of hydrogen-bond donors (Lipinski definition) is 3. The van der Waals surface area contributed by atoms with Crippen LogP contribution >= 0.6 is 0 Å². The number of aromatic nitrogens is 3. The molecule has 0 radical (unpaired) electrons. The maximum atomic E-state index is 10.2. The van der Waals surface area contributed by atoms with Crippen LogP contribution in [0.15, 0.2) is 23.3 Å². The lowest BCUT2D eigenvalue weighted by Crippen LogP contribution is -2.28. The fraction of sp³-hybridized carbons (Fsp3) is 0.312. The number of rotatable bonds is 2. The lowest BCUT2D eigenvalue weighted by atomic mass is 10.1. The van der Waals surface area contributed by atoms with E-state index < -0.39 is 0 Å². The van der Waals surface area contributed by atoms with Gasteiger partial charge in [-0.25, -0.2) is 9.98 Å². The molecule has 1 fully saturated rings. The summed E-state index contributed by atoms with van der Waals surface area (Å²) in [5, 5.41) is 13.5. The highest BCUT2D eigenvalue weighted by molar-refractivity contribution is 6.20. The number of aromatic hydroxyl groups is 1. The molecule has 0 bridgehead atoms. The lowest BCUT2D eigenvalue weighted by Gasteiger charge is -2.18. The summed E-state index contributed by atoms with van der Waals surface area (Å²) in [5.41, 5.74) is 2.47. The fourth-order valence-electron chi connectivity index (χ4n) is 2.87. The Kier molecular flexibility index (Phi) is 3.55. The van der Waals surface area contributed by atoms with E-state index in [2.05, 4.69) is 30.2 Å². The van der Waals surface area contributed by atoms with Gasteiger partial charge in [-0.15, -0.1) is 0 Å². The minimum absolute atomic E-state index is 0.00967. The van der Waals surface area contributed by atoms with Crippen molar-refractivity contribution in [3.8, 4) is 5.88 Å². The van der Waals surface area contributed by atoms with Crippen LogP contribution in [0.2, 0.25) is 0 Å². The topological polar surface area (TPSA) is 89.4 Å². The molecule has 0 unspecified atom stereocenters. The predicted octanol–water partition coefficient (Wildman–Crippen LogP) is 1.57. The molecule has 2 aromatic heterocycles. The van der Waals surface area contributed by atoms with E-state index in [1.54, 1.807) is 12.4 Å². The zero-order chi connectivity index (χ0) is 15.6.